The Balaban J connectivity index is 2.66. The molecule has 1 aromatic rings. The molecule has 0 unspecified atom stereocenters. The standard InChI is InChI=1S/C12H14FNO3S/c1-7(2)18-6-11(15)14-8-3-4-9(12(16)17)10(13)5-8/h3-5,7H,6H2,1-2H3,(H,14,15)(H,16,17). The quantitative estimate of drug-likeness (QED) is 0.864. The molecule has 0 radical (unpaired) electrons. The Morgan fingerprint density at radius 3 is 2.61 bits per heavy atom. The van der Waals surface area contributed by atoms with Gasteiger partial charge in [-0.2, -0.15) is 0 Å². The number of amides is 1. The number of rotatable bonds is 5. The summed E-state index contributed by atoms with van der Waals surface area (Å²) < 4.78 is 13.3. The van der Waals surface area contributed by atoms with E-state index in [0.29, 0.717) is 5.25 Å². The number of carbonyl (C=O) groups is 2. The fourth-order valence-electron chi connectivity index (χ4n) is 1.21. The number of nitrogens with one attached hydrogen (secondary N) is 1. The number of hydrogen-bond acceptors (Lipinski definition) is 3. The van der Waals surface area contributed by atoms with Crippen LogP contribution in [0.15, 0.2) is 18.2 Å². The summed E-state index contributed by atoms with van der Waals surface area (Å²) in [6.45, 7) is 3.94. The van der Waals surface area contributed by atoms with Gasteiger partial charge in [-0.1, -0.05) is 13.8 Å². The van der Waals surface area contributed by atoms with Crippen LogP contribution in [0.5, 0.6) is 0 Å². The first-order chi connectivity index (χ1) is 8.40. The summed E-state index contributed by atoms with van der Waals surface area (Å²) in [4.78, 5) is 22.1. The number of carbonyl (C=O) groups excluding carboxylic acids is 1. The molecule has 1 rings (SSSR count). The van der Waals surface area contributed by atoms with Gasteiger partial charge in [0.1, 0.15) is 5.82 Å². The fraction of sp³-hybridized carbons (Fsp3) is 0.333. The molecule has 6 heteroatoms. The number of carboxylic acid groups (broad SMARTS) is 1. The summed E-state index contributed by atoms with van der Waals surface area (Å²) in [5, 5.41) is 11.5. The Morgan fingerprint density at radius 1 is 1.44 bits per heavy atom. The van der Waals surface area contributed by atoms with Crippen LogP contribution in [0.25, 0.3) is 0 Å². The molecule has 0 saturated heterocycles. The lowest BCUT2D eigenvalue weighted by molar-refractivity contribution is -0.113. The van der Waals surface area contributed by atoms with Gasteiger partial charge in [0.05, 0.1) is 11.3 Å². The van der Waals surface area contributed by atoms with Crippen LogP contribution in [0.3, 0.4) is 0 Å². The van der Waals surface area contributed by atoms with Gasteiger partial charge in [0.25, 0.3) is 0 Å². The molecular formula is C12H14FNO3S. The second kappa shape index (κ2) is 6.39. The van der Waals surface area contributed by atoms with Gasteiger partial charge in [0.15, 0.2) is 0 Å². The van der Waals surface area contributed by atoms with E-state index in [0.717, 1.165) is 12.1 Å². The fourth-order valence-corrected chi connectivity index (χ4v) is 1.76. The first kappa shape index (κ1) is 14.5. The van der Waals surface area contributed by atoms with Gasteiger partial charge in [-0.05, 0) is 23.4 Å². The first-order valence-corrected chi connectivity index (χ1v) is 6.39. The van der Waals surface area contributed by atoms with Crippen LogP contribution in [-0.4, -0.2) is 28.0 Å². The van der Waals surface area contributed by atoms with Crippen molar-refractivity contribution in [1.29, 1.82) is 0 Å². The van der Waals surface area contributed by atoms with E-state index in [4.69, 9.17) is 5.11 Å². The van der Waals surface area contributed by atoms with Crippen LogP contribution < -0.4 is 5.32 Å². The molecule has 1 aromatic carbocycles. The highest BCUT2D eigenvalue weighted by Crippen LogP contribution is 2.15. The highest BCUT2D eigenvalue weighted by atomic mass is 32.2. The van der Waals surface area contributed by atoms with E-state index in [9.17, 15) is 14.0 Å². The van der Waals surface area contributed by atoms with Gasteiger partial charge < -0.3 is 10.4 Å². The molecule has 2 N–H and O–H groups in total. The number of hydrogen-bond donors (Lipinski definition) is 2. The molecule has 1 amide bonds. The lowest BCUT2D eigenvalue weighted by Crippen LogP contribution is -2.15. The maximum Gasteiger partial charge on any atom is 0.338 e. The highest BCUT2D eigenvalue weighted by Gasteiger charge is 2.11. The summed E-state index contributed by atoms with van der Waals surface area (Å²) in [6, 6.07) is 3.49. The molecule has 0 fully saturated rings. The number of thioether (sulfide) groups is 1. The molecule has 0 aliphatic heterocycles. The minimum absolute atomic E-state index is 0.240. The van der Waals surface area contributed by atoms with E-state index < -0.39 is 17.3 Å². The molecule has 4 nitrogen and oxygen atoms in total. The lowest BCUT2D eigenvalue weighted by Gasteiger charge is -2.07. The van der Waals surface area contributed by atoms with Crippen molar-refractivity contribution >= 4 is 29.3 Å². The molecule has 0 saturated carbocycles. The molecule has 0 atom stereocenters. The zero-order chi connectivity index (χ0) is 13.7. The highest BCUT2D eigenvalue weighted by molar-refractivity contribution is 8.00. The molecule has 0 aliphatic carbocycles. The Morgan fingerprint density at radius 2 is 2.11 bits per heavy atom. The van der Waals surface area contributed by atoms with Crippen molar-refractivity contribution in [3.8, 4) is 0 Å². The Hall–Kier alpha value is -1.56. The molecule has 0 aliphatic rings. The van der Waals surface area contributed by atoms with E-state index in [1.165, 1.54) is 17.8 Å². The number of anilines is 1. The summed E-state index contributed by atoms with van der Waals surface area (Å²) in [7, 11) is 0. The van der Waals surface area contributed by atoms with Crippen molar-refractivity contribution in [2.45, 2.75) is 19.1 Å². The van der Waals surface area contributed by atoms with Crippen LogP contribution in [0.1, 0.15) is 24.2 Å². The van der Waals surface area contributed by atoms with E-state index in [-0.39, 0.29) is 17.3 Å². The van der Waals surface area contributed by atoms with E-state index in [1.54, 1.807) is 0 Å². The maximum absolute atomic E-state index is 13.3. The van der Waals surface area contributed by atoms with Crippen molar-refractivity contribution in [2.24, 2.45) is 0 Å². The third-order valence-electron chi connectivity index (χ3n) is 2.03. The van der Waals surface area contributed by atoms with Gasteiger partial charge in [-0.3, -0.25) is 4.79 Å². The number of aromatic carboxylic acids is 1. The van der Waals surface area contributed by atoms with Crippen molar-refractivity contribution < 1.29 is 19.1 Å². The minimum Gasteiger partial charge on any atom is -0.478 e. The Bertz CT molecular complexity index is 463. The summed E-state index contributed by atoms with van der Waals surface area (Å²) >= 11 is 1.47. The van der Waals surface area contributed by atoms with Crippen molar-refractivity contribution in [2.75, 3.05) is 11.1 Å². The molecule has 0 aromatic heterocycles. The number of halogens is 1. The number of benzene rings is 1. The zero-order valence-corrected chi connectivity index (χ0v) is 10.9. The topological polar surface area (TPSA) is 66.4 Å². The average Bonchev–Trinajstić information content (AvgIpc) is 2.26. The molecule has 0 bridgehead atoms. The van der Waals surface area contributed by atoms with Crippen LogP contribution >= 0.6 is 11.8 Å². The molecule has 98 valence electrons. The summed E-state index contributed by atoms with van der Waals surface area (Å²) in [6.07, 6.45) is 0. The van der Waals surface area contributed by atoms with E-state index >= 15 is 0 Å². The second-order valence-corrected chi connectivity index (χ2v) is 5.47. The Kier molecular flexibility index (Phi) is 5.15. The zero-order valence-electron chi connectivity index (χ0n) is 10.1. The summed E-state index contributed by atoms with van der Waals surface area (Å²) in [5.41, 5.74) is -0.156. The minimum atomic E-state index is -1.33. The third kappa shape index (κ3) is 4.37. The van der Waals surface area contributed by atoms with Crippen molar-refractivity contribution in [3.05, 3.63) is 29.6 Å². The van der Waals surface area contributed by atoms with Gasteiger partial charge in [-0.25, -0.2) is 9.18 Å². The van der Waals surface area contributed by atoms with Crippen molar-refractivity contribution in [1.82, 2.24) is 0 Å². The molecular weight excluding hydrogens is 257 g/mol. The van der Waals surface area contributed by atoms with Crippen molar-refractivity contribution in [3.63, 3.8) is 0 Å². The largest absolute Gasteiger partial charge is 0.478 e. The molecule has 0 spiro atoms. The smallest absolute Gasteiger partial charge is 0.338 e. The SMILES string of the molecule is CC(C)SCC(=O)Nc1ccc(C(=O)O)c(F)c1. The number of carboxylic acids is 1. The predicted molar refractivity (Wildman–Crippen MR) is 69.6 cm³/mol. The van der Waals surface area contributed by atoms with Gasteiger partial charge in [-0.15, -0.1) is 11.8 Å². The normalized spacial score (nSPS) is 10.4. The monoisotopic (exact) mass is 271 g/mol. The molecule has 18 heavy (non-hydrogen) atoms. The van der Waals surface area contributed by atoms with Gasteiger partial charge in [0, 0.05) is 5.69 Å². The maximum atomic E-state index is 13.3. The Labute approximate surface area is 109 Å². The van der Waals surface area contributed by atoms with Crippen LogP contribution in [0, 0.1) is 5.82 Å². The summed E-state index contributed by atoms with van der Waals surface area (Å²) in [5.74, 6) is -2.16. The van der Waals surface area contributed by atoms with Gasteiger partial charge >= 0.3 is 5.97 Å². The predicted octanol–water partition coefficient (Wildman–Crippen LogP) is 2.60. The first-order valence-electron chi connectivity index (χ1n) is 5.34. The second-order valence-electron chi connectivity index (χ2n) is 3.91. The molecule has 0 heterocycles. The van der Waals surface area contributed by atoms with E-state index in [1.807, 2.05) is 13.8 Å². The van der Waals surface area contributed by atoms with Crippen LogP contribution in [-0.2, 0) is 4.79 Å². The third-order valence-corrected chi connectivity index (χ3v) is 3.13. The van der Waals surface area contributed by atoms with E-state index in [2.05, 4.69) is 5.32 Å². The average molecular weight is 271 g/mol. The van der Waals surface area contributed by atoms with Gasteiger partial charge in [0.2, 0.25) is 5.91 Å². The van der Waals surface area contributed by atoms with Crippen LogP contribution in [0.2, 0.25) is 0 Å². The lowest BCUT2D eigenvalue weighted by atomic mass is 10.2. The van der Waals surface area contributed by atoms with Crippen LogP contribution in [0.4, 0.5) is 10.1 Å².